The van der Waals surface area contributed by atoms with E-state index in [0.717, 1.165) is 29.7 Å². The number of hydrogen-bond donors (Lipinski definition) is 1. The summed E-state index contributed by atoms with van der Waals surface area (Å²) in [5.74, 6) is 0.153. The summed E-state index contributed by atoms with van der Waals surface area (Å²) in [5, 5.41) is 9.62. The Hall–Kier alpha value is -3.03. The molecule has 8 heteroatoms. The highest BCUT2D eigenvalue weighted by Gasteiger charge is 2.48. The molecule has 3 aliphatic rings. The molecule has 1 aliphatic carbocycles. The van der Waals surface area contributed by atoms with E-state index in [1.807, 2.05) is 25.1 Å². The van der Waals surface area contributed by atoms with Gasteiger partial charge >= 0.3 is 12.1 Å². The number of aryl methyl sites for hydroxylation is 1. The normalized spacial score (nSPS) is 19.1. The number of amides is 1. The van der Waals surface area contributed by atoms with Crippen LogP contribution in [0.25, 0.3) is 11.3 Å². The fraction of sp³-hybridized carbons (Fsp3) is 0.500. The Kier molecular flexibility index (Phi) is 4.27. The van der Waals surface area contributed by atoms with E-state index in [9.17, 15) is 14.7 Å². The number of aromatic carboxylic acids is 1. The second-order valence-corrected chi connectivity index (χ2v) is 8.60. The Morgan fingerprint density at radius 3 is 2.70 bits per heavy atom. The SMILES string of the molecule is Cc1ccc2c(c1)OC1(CCN(C(=O)OCC3CC3)CC1)c1c-2nc(C(=O)O)n1C. The Labute approximate surface area is 174 Å². The number of piperidine rings is 1. The number of fused-ring (bicyclic) bond motifs is 4. The van der Waals surface area contributed by atoms with Crippen molar-refractivity contribution in [2.24, 2.45) is 13.0 Å². The lowest BCUT2D eigenvalue weighted by Crippen LogP contribution is -2.50. The first-order valence-electron chi connectivity index (χ1n) is 10.4. The van der Waals surface area contributed by atoms with E-state index in [2.05, 4.69) is 4.98 Å². The summed E-state index contributed by atoms with van der Waals surface area (Å²) >= 11 is 0. The highest BCUT2D eigenvalue weighted by atomic mass is 16.6. The third-order valence-electron chi connectivity index (χ3n) is 6.38. The molecule has 1 saturated heterocycles. The average molecular weight is 411 g/mol. The van der Waals surface area contributed by atoms with E-state index in [4.69, 9.17) is 9.47 Å². The van der Waals surface area contributed by atoms with Crippen molar-refractivity contribution < 1.29 is 24.2 Å². The summed E-state index contributed by atoms with van der Waals surface area (Å²) in [5.41, 5.74) is 2.56. The van der Waals surface area contributed by atoms with Crippen molar-refractivity contribution >= 4 is 12.1 Å². The van der Waals surface area contributed by atoms with Gasteiger partial charge in [0, 0.05) is 38.5 Å². The number of carbonyl (C=O) groups is 2. The fourth-order valence-corrected chi connectivity index (χ4v) is 4.52. The first-order valence-corrected chi connectivity index (χ1v) is 10.4. The van der Waals surface area contributed by atoms with Crippen LogP contribution in [-0.4, -0.2) is 51.3 Å². The molecule has 30 heavy (non-hydrogen) atoms. The summed E-state index contributed by atoms with van der Waals surface area (Å²) in [6.45, 7) is 3.46. The highest BCUT2D eigenvalue weighted by Crippen LogP contribution is 2.49. The van der Waals surface area contributed by atoms with Crippen LogP contribution in [0.4, 0.5) is 4.79 Å². The monoisotopic (exact) mass is 411 g/mol. The Bertz CT molecular complexity index is 1030. The molecule has 0 atom stereocenters. The second kappa shape index (κ2) is 6.75. The number of nitrogens with zero attached hydrogens (tertiary/aromatic N) is 3. The van der Waals surface area contributed by atoms with Crippen LogP contribution in [-0.2, 0) is 17.4 Å². The fourth-order valence-electron chi connectivity index (χ4n) is 4.52. The van der Waals surface area contributed by atoms with Gasteiger partial charge in [0.2, 0.25) is 5.82 Å². The number of carbonyl (C=O) groups excluding carboxylic acids is 1. The molecule has 1 spiro atoms. The minimum Gasteiger partial charge on any atom is -0.480 e. The van der Waals surface area contributed by atoms with Gasteiger partial charge in [-0.3, -0.25) is 0 Å². The van der Waals surface area contributed by atoms with Crippen molar-refractivity contribution in [2.45, 2.75) is 38.2 Å². The lowest BCUT2D eigenvalue weighted by molar-refractivity contribution is -0.0111. The van der Waals surface area contributed by atoms with Crippen molar-refractivity contribution in [3.63, 3.8) is 0 Å². The number of carboxylic acids is 1. The van der Waals surface area contributed by atoms with Crippen molar-refractivity contribution in [1.29, 1.82) is 0 Å². The van der Waals surface area contributed by atoms with E-state index < -0.39 is 11.6 Å². The number of carboxylic acid groups (broad SMARTS) is 1. The lowest BCUT2D eigenvalue weighted by atomic mass is 9.83. The summed E-state index contributed by atoms with van der Waals surface area (Å²) < 4.78 is 13.6. The van der Waals surface area contributed by atoms with Gasteiger partial charge in [-0.2, -0.15) is 0 Å². The van der Waals surface area contributed by atoms with Crippen molar-refractivity contribution in [3.8, 4) is 17.0 Å². The molecule has 1 saturated carbocycles. The second-order valence-electron chi connectivity index (χ2n) is 8.60. The minimum atomic E-state index is -1.07. The van der Waals surface area contributed by atoms with Crippen LogP contribution in [0.3, 0.4) is 0 Å². The third-order valence-corrected chi connectivity index (χ3v) is 6.38. The molecule has 1 aromatic heterocycles. The Morgan fingerprint density at radius 1 is 1.30 bits per heavy atom. The van der Waals surface area contributed by atoms with E-state index in [1.54, 1.807) is 16.5 Å². The molecule has 2 fully saturated rings. The number of imidazole rings is 1. The maximum Gasteiger partial charge on any atom is 0.409 e. The first kappa shape index (κ1) is 19.0. The summed E-state index contributed by atoms with van der Waals surface area (Å²) in [6, 6.07) is 5.86. The minimum absolute atomic E-state index is 0.0114. The quantitative estimate of drug-likeness (QED) is 0.833. The Balaban J connectivity index is 1.47. The molecule has 0 bridgehead atoms. The zero-order chi connectivity index (χ0) is 21.0. The van der Waals surface area contributed by atoms with Gasteiger partial charge < -0.3 is 24.0 Å². The van der Waals surface area contributed by atoms with E-state index in [-0.39, 0.29) is 11.9 Å². The predicted octanol–water partition coefficient (Wildman–Crippen LogP) is 3.32. The zero-order valence-electron chi connectivity index (χ0n) is 17.2. The average Bonchev–Trinajstić information content (AvgIpc) is 3.47. The molecule has 0 radical (unpaired) electrons. The van der Waals surface area contributed by atoms with Gasteiger partial charge in [-0.1, -0.05) is 6.07 Å². The molecule has 8 nitrogen and oxygen atoms in total. The molecule has 3 heterocycles. The van der Waals surface area contributed by atoms with Crippen molar-refractivity contribution in [2.75, 3.05) is 19.7 Å². The van der Waals surface area contributed by atoms with Gasteiger partial charge in [0.05, 0.1) is 12.3 Å². The topological polar surface area (TPSA) is 93.9 Å². The largest absolute Gasteiger partial charge is 0.480 e. The maximum absolute atomic E-state index is 12.4. The van der Waals surface area contributed by atoms with E-state index in [0.29, 0.717) is 49.9 Å². The molecule has 5 rings (SSSR count). The molecular weight excluding hydrogens is 386 g/mol. The maximum atomic E-state index is 12.4. The predicted molar refractivity (Wildman–Crippen MR) is 108 cm³/mol. The lowest BCUT2D eigenvalue weighted by Gasteiger charge is -2.44. The van der Waals surface area contributed by atoms with Gasteiger partial charge in [-0.15, -0.1) is 0 Å². The number of benzene rings is 1. The van der Waals surface area contributed by atoms with Crippen molar-refractivity contribution in [3.05, 3.63) is 35.3 Å². The van der Waals surface area contributed by atoms with Crippen molar-refractivity contribution in [1.82, 2.24) is 14.5 Å². The van der Waals surface area contributed by atoms with Gasteiger partial charge in [-0.05, 0) is 43.4 Å². The number of hydrogen-bond acceptors (Lipinski definition) is 5. The number of likely N-dealkylation sites (tertiary alicyclic amines) is 1. The number of ether oxygens (including phenoxy) is 2. The van der Waals surface area contributed by atoms with Gasteiger partial charge in [0.1, 0.15) is 11.4 Å². The highest BCUT2D eigenvalue weighted by molar-refractivity contribution is 5.86. The zero-order valence-corrected chi connectivity index (χ0v) is 17.2. The molecule has 2 aliphatic heterocycles. The van der Waals surface area contributed by atoms with Crippen LogP contribution < -0.4 is 4.74 Å². The number of rotatable bonds is 3. The summed E-state index contributed by atoms with van der Waals surface area (Å²) in [6.07, 6.45) is 3.09. The molecular formula is C22H25N3O5. The summed E-state index contributed by atoms with van der Waals surface area (Å²) in [4.78, 5) is 30.4. The van der Waals surface area contributed by atoms with Gasteiger partial charge in [0.25, 0.3) is 0 Å². The molecule has 1 aromatic carbocycles. The molecule has 1 N–H and O–H groups in total. The van der Waals surface area contributed by atoms with Crippen LogP contribution in [0.2, 0.25) is 0 Å². The third kappa shape index (κ3) is 3.02. The van der Waals surface area contributed by atoms with Crippen LogP contribution in [0.5, 0.6) is 5.75 Å². The Morgan fingerprint density at radius 2 is 2.03 bits per heavy atom. The molecule has 0 unspecified atom stereocenters. The van der Waals surface area contributed by atoms with E-state index in [1.165, 1.54) is 0 Å². The van der Waals surface area contributed by atoms with Crippen LogP contribution in [0.15, 0.2) is 18.2 Å². The van der Waals surface area contributed by atoms with E-state index >= 15 is 0 Å². The van der Waals surface area contributed by atoms with Crippen LogP contribution in [0, 0.1) is 12.8 Å². The summed E-state index contributed by atoms with van der Waals surface area (Å²) in [7, 11) is 1.72. The van der Waals surface area contributed by atoms with Crippen LogP contribution in [0.1, 0.15) is 47.6 Å². The van der Waals surface area contributed by atoms with Gasteiger partial charge in [-0.25, -0.2) is 14.6 Å². The first-order chi connectivity index (χ1) is 14.4. The molecule has 158 valence electrons. The molecule has 2 aromatic rings. The van der Waals surface area contributed by atoms with Crippen LogP contribution >= 0.6 is 0 Å². The standard InChI is InChI=1S/C22H25N3O5/c1-13-3-6-15-16(11-13)30-22(18-17(15)23-19(20(26)27)24(18)2)7-9-25(10-8-22)21(28)29-12-14-4-5-14/h3,6,11,14H,4-5,7-10,12H2,1-2H3,(H,26,27). The number of aromatic nitrogens is 2. The van der Waals surface area contributed by atoms with Gasteiger partial charge in [0.15, 0.2) is 5.60 Å². The molecule has 1 amide bonds. The smallest absolute Gasteiger partial charge is 0.409 e.